The van der Waals surface area contributed by atoms with Crippen molar-refractivity contribution in [1.29, 1.82) is 0 Å². The minimum atomic E-state index is -0.274. The molecule has 0 radical (unpaired) electrons. The molecule has 0 aliphatic carbocycles. The Morgan fingerprint density at radius 1 is 1.15 bits per heavy atom. The van der Waals surface area contributed by atoms with Crippen LogP contribution >= 0.6 is 0 Å². The summed E-state index contributed by atoms with van der Waals surface area (Å²) in [7, 11) is 0. The van der Waals surface area contributed by atoms with Gasteiger partial charge in [-0.3, -0.25) is 4.79 Å². The van der Waals surface area contributed by atoms with Gasteiger partial charge in [-0.15, -0.1) is 6.42 Å². The number of carbonyl (C=O) groups excluding carboxylic acids is 1. The first kappa shape index (κ1) is 14.0. The van der Waals surface area contributed by atoms with Gasteiger partial charge in [0.25, 0.3) is 0 Å². The summed E-state index contributed by atoms with van der Waals surface area (Å²) in [6.07, 6.45) is 5.97. The molecule has 20 heavy (non-hydrogen) atoms. The highest BCUT2D eigenvalue weighted by molar-refractivity contribution is 5.83. The molecule has 0 aliphatic heterocycles. The number of hydrogen-bond acceptors (Lipinski definition) is 1. The Labute approximate surface area is 118 Å². The number of terminal acetylenes is 1. The topological polar surface area (TPSA) is 17.1 Å². The van der Waals surface area contributed by atoms with Gasteiger partial charge in [-0.25, -0.2) is 4.39 Å². The molecule has 2 aromatic rings. The number of ketones is 1. The third-order valence-corrected chi connectivity index (χ3v) is 3.21. The van der Waals surface area contributed by atoms with E-state index >= 15 is 0 Å². The van der Waals surface area contributed by atoms with E-state index in [1.54, 1.807) is 6.07 Å². The maximum absolute atomic E-state index is 13.0. The van der Waals surface area contributed by atoms with Gasteiger partial charge in [0.05, 0.1) is 0 Å². The average Bonchev–Trinajstić information content (AvgIpc) is 2.43. The van der Waals surface area contributed by atoms with E-state index in [2.05, 4.69) is 5.92 Å². The minimum Gasteiger partial charge on any atom is -0.299 e. The molecule has 2 aromatic carbocycles. The fourth-order valence-corrected chi connectivity index (χ4v) is 2.08. The third kappa shape index (κ3) is 3.55. The molecule has 0 bridgehead atoms. The van der Waals surface area contributed by atoms with Gasteiger partial charge in [0.2, 0.25) is 0 Å². The molecular formula is C18H15FO. The molecule has 0 atom stereocenters. The molecule has 2 rings (SSSR count). The van der Waals surface area contributed by atoms with E-state index in [9.17, 15) is 9.18 Å². The van der Waals surface area contributed by atoms with Crippen LogP contribution < -0.4 is 0 Å². The summed E-state index contributed by atoms with van der Waals surface area (Å²) in [6.45, 7) is 1.81. The second kappa shape index (κ2) is 6.16. The summed E-state index contributed by atoms with van der Waals surface area (Å²) < 4.78 is 13.0. The molecule has 0 heterocycles. The van der Waals surface area contributed by atoms with E-state index in [0.29, 0.717) is 12.8 Å². The summed E-state index contributed by atoms with van der Waals surface area (Å²) >= 11 is 0. The van der Waals surface area contributed by atoms with Crippen molar-refractivity contribution in [3.8, 4) is 12.3 Å². The highest BCUT2D eigenvalue weighted by atomic mass is 19.1. The lowest BCUT2D eigenvalue weighted by atomic mass is 9.99. The van der Waals surface area contributed by atoms with Crippen molar-refractivity contribution in [3.05, 3.63) is 70.5 Å². The molecule has 0 aromatic heterocycles. The van der Waals surface area contributed by atoms with Gasteiger partial charge in [-0.1, -0.05) is 24.1 Å². The lowest BCUT2D eigenvalue weighted by Crippen LogP contribution is -2.07. The van der Waals surface area contributed by atoms with E-state index in [-0.39, 0.29) is 11.6 Å². The summed E-state index contributed by atoms with van der Waals surface area (Å²) in [6, 6.07) is 11.9. The van der Waals surface area contributed by atoms with Crippen molar-refractivity contribution in [2.75, 3.05) is 0 Å². The van der Waals surface area contributed by atoms with Crippen molar-refractivity contribution >= 4 is 5.78 Å². The molecule has 100 valence electrons. The SMILES string of the molecule is C#Cc1ccc(CC(=O)Cc2ccc(F)cc2C)cc1. The first-order valence-corrected chi connectivity index (χ1v) is 6.41. The van der Waals surface area contributed by atoms with Gasteiger partial charge < -0.3 is 0 Å². The lowest BCUT2D eigenvalue weighted by Gasteiger charge is -2.06. The maximum atomic E-state index is 13.0. The fourth-order valence-electron chi connectivity index (χ4n) is 2.08. The van der Waals surface area contributed by atoms with Crippen LogP contribution in [0.3, 0.4) is 0 Å². The van der Waals surface area contributed by atoms with Crippen molar-refractivity contribution in [3.63, 3.8) is 0 Å². The molecule has 0 saturated carbocycles. The quantitative estimate of drug-likeness (QED) is 0.774. The van der Waals surface area contributed by atoms with Crippen LogP contribution in [0.2, 0.25) is 0 Å². The van der Waals surface area contributed by atoms with Crippen LogP contribution in [-0.4, -0.2) is 5.78 Å². The predicted molar refractivity (Wildman–Crippen MR) is 77.9 cm³/mol. The molecule has 0 amide bonds. The zero-order valence-electron chi connectivity index (χ0n) is 11.3. The Morgan fingerprint density at radius 2 is 1.85 bits per heavy atom. The zero-order chi connectivity index (χ0) is 14.5. The van der Waals surface area contributed by atoms with Crippen LogP contribution in [-0.2, 0) is 17.6 Å². The first-order chi connectivity index (χ1) is 9.58. The normalized spacial score (nSPS) is 10.1. The molecule has 1 nitrogen and oxygen atoms in total. The van der Waals surface area contributed by atoms with E-state index in [4.69, 9.17) is 6.42 Å². The van der Waals surface area contributed by atoms with Crippen LogP contribution in [0.15, 0.2) is 42.5 Å². The Morgan fingerprint density at radius 3 is 2.45 bits per heavy atom. The predicted octanol–water partition coefficient (Wildman–Crippen LogP) is 3.47. The monoisotopic (exact) mass is 266 g/mol. The summed E-state index contributed by atoms with van der Waals surface area (Å²) in [5.74, 6) is 2.37. The molecule has 0 saturated heterocycles. The molecule has 0 unspecified atom stereocenters. The van der Waals surface area contributed by atoms with Gasteiger partial charge in [-0.2, -0.15) is 0 Å². The van der Waals surface area contributed by atoms with Crippen molar-refractivity contribution in [1.82, 2.24) is 0 Å². The zero-order valence-corrected chi connectivity index (χ0v) is 11.3. The average molecular weight is 266 g/mol. The Bertz CT molecular complexity index is 663. The highest BCUT2D eigenvalue weighted by Crippen LogP contribution is 2.13. The third-order valence-electron chi connectivity index (χ3n) is 3.21. The van der Waals surface area contributed by atoms with E-state index in [1.165, 1.54) is 12.1 Å². The summed E-state index contributed by atoms with van der Waals surface area (Å²) in [5, 5.41) is 0. The van der Waals surface area contributed by atoms with E-state index < -0.39 is 0 Å². The number of carbonyl (C=O) groups is 1. The summed E-state index contributed by atoms with van der Waals surface area (Å²) in [4.78, 5) is 12.0. The lowest BCUT2D eigenvalue weighted by molar-refractivity contribution is -0.117. The molecule has 2 heteroatoms. The minimum absolute atomic E-state index is 0.105. The second-order valence-electron chi connectivity index (χ2n) is 4.80. The number of Topliss-reactive ketones (excluding diaryl/α,β-unsaturated/α-hetero) is 1. The van der Waals surface area contributed by atoms with Gasteiger partial charge in [-0.05, 0) is 47.9 Å². The van der Waals surface area contributed by atoms with Crippen LogP contribution in [0.4, 0.5) is 4.39 Å². The number of benzene rings is 2. The Hall–Kier alpha value is -2.40. The molecule has 0 fully saturated rings. The first-order valence-electron chi connectivity index (χ1n) is 6.41. The van der Waals surface area contributed by atoms with Gasteiger partial charge in [0, 0.05) is 18.4 Å². The van der Waals surface area contributed by atoms with Crippen LogP contribution in [0, 0.1) is 25.1 Å². The van der Waals surface area contributed by atoms with Crippen molar-refractivity contribution < 1.29 is 9.18 Å². The Balaban J connectivity index is 2.03. The number of hydrogen-bond donors (Lipinski definition) is 0. The molecule has 0 aliphatic rings. The fraction of sp³-hybridized carbons (Fsp3) is 0.167. The van der Waals surface area contributed by atoms with Gasteiger partial charge in [0.1, 0.15) is 11.6 Å². The smallest absolute Gasteiger partial charge is 0.141 e. The van der Waals surface area contributed by atoms with Gasteiger partial charge in [0.15, 0.2) is 0 Å². The maximum Gasteiger partial charge on any atom is 0.141 e. The largest absolute Gasteiger partial charge is 0.299 e. The van der Waals surface area contributed by atoms with Crippen molar-refractivity contribution in [2.24, 2.45) is 0 Å². The number of halogens is 1. The van der Waals surface area contributed by atoms with Gasteiger partial charge >= 0.3 is 0 Å². The van der Waals surface area contributed by atoms with Crippen LogP contribution in [0.1, 0.15) is 22.3 Å². The van der Waals surface area contributed by atoms with Crippen molar-refractivity contribution in [2.45, 2.75) is 19.8 Å². The second-order valence-corrected chi connectivity index (χ2v) is 4.80. The number of aryl methyl sites for hydroxylation is 1. The summed E-state index contributed by atoms with van der Waals surface area (Å²) in [5.41, 5.74) is 3.42. The van der Waals surface area contributed by atoms with E-state index in [0.717, 1.165) is 22.3 Å². The molecule has 0 N–H and O–H groups in total. The standard InChI is InChI=1S/C18H15FO/c1-3-14-4-6-15(7-5-14)11-18(20)12-16-8-9-17(19)10-13(16)2/h1,4-10H,11-12H2,2H3. The van der Waals surface area contributed by atoms with E-state index in [1.807, 2.05) is 31.2 Å². The Kier molecular flexibility index (Phi) is 4.32. The molecule has 0 spiro atoms. The molecular weight excluding hydrogens is 251 g/mol. The van der Waals surface area contributed by atoms with Crippen LogP contribution in [0.25, 0.3) is 0 Å². The number of rotatable bonds is 4. The highest BCUT2D eigenvalue weighted by Gasteiger charge is 2.08. The van der Waals surface area contributed by atoms with Crippen LogP contribution in [0.5, 0.6) is 0 Å².